The number of nitro benzene ring substituents is 1. The van der Waals surface area contributed by atoms with Gasteiger partial charge in [0.05, 0.1) is 10.2 Å². The first kappa shape index (κ1) is 17.7. The van der Waals surface area contributed by atoms with Crippen molar-refractivity contribution >= 4 is 29.0 Å². The number of hydrogen-bond acceptors (Lipinski definition) is 6. The topological polar surface area (TPSA) is 103 Å². The molecule has 1 atom stereocenters. The van der Waals surface area contributed by atoms with Crippen molar-refractivity contribution in [2.75, 3.05) is 5.32 Å². The minimum absolute atomic E-state index is 0.145. The van der Waals surface area contributed by atoms with Gasteiger partial charge in [0, 0.05) is 12.6 Å². The first-order chi connectivity index (χ1) is 11.4. The van der Waals surface area contributed by atoms with E-state index in [0.29, 0.717) is 11.7 Å². The van der Waals surface area contributed by atoms with Gasteiger partial charge in [-0.15, -0.1) is 16.8 Å². The van der Waals surface area contributed by atoms with Gasteiger partial charge in [0.1, 0.15) is 11.5 Å². The highest BCUT2D eigenvalue weighted by atomic mass is 32.2. The van der Waals surface area contributed by atoms with E-state index in [-0.39, 0.29) is 17.3 Å². The van der Waals surface area contributed by atoms with Gasteiger partial charge in [-0.1, -0.05) is 30.0 Å². The van der Waals surface area contributed by atoms with Crippen molar-refractivity contribution in [1.82, 2.24) is 14.8 Å². The number of rotatable bonds is 7. The van der Waals surface area contributed by atoms with E-state index in [1.807, 2.05) is 11.5 Å². The molecule has 0 aliphatic heterocycles. The molecule has 2 aromatic rings. The van der Waals surface area contributed by atoms with E-state index in [9.17, 15) is 14.9 Å². The number of aromatic nitrogens is 3. The number of anilines is 1. The number of nitrogens with zero attached hydrogens (tertiary/aromatic N) is 4. The van der Waals surface area contributed by atoms with Crippen LogP contribution in [0.25, 0.3) is 0 Å². The van der Waals surface area contributed by atoms with Gasteiger partial charge in [-0.25, -0.2) is 0 Å². The van der Waals surface area contributed by atoms with Gasteiger partial charge < -0.3 is 9.88 Å². The molecule has 0 saturated carbocycles. The molecular weight excluding hydrogens is 330 g/mol. The summed E-state index contributed by atoms with van der Waals surface area (Å²) in [6, 6.07) is 6.02. The van der Waals surface area contributed by atoms with Crippen molar-refractivity contribution in [3.63, 3.8) is 0 Å². The van der Waals surface area contributed by atoms with Gasteiger partial charge in [0.15, 0.2) is 5.16 Å². The van der Waals surface area contributed by atoms with Gasteiger partial charge in [-0.3, -0.25) is 14.9 Å². The lowest BCUT2D eigenvalue weighted by Crippen LogP contribution is -2.23. The predicted molar refractivity (Wildman–Crippen MR) is 92.0 cm³/mol. The average Bonchev–Trinajstić information content (AvgIpc) is 2.88. The summed E-state index contributed by atoms with van der Waals surface area (Å²) in [6.45, 7) is 7.75. The van der Waals surface area contributed by atoms with Crippen molar-refractivity contribution in [3.8, 4) is 0 Å². The zero-order valence-corrected chi connectivity index (χ0v) is 14.1. The Bertz CT molecular complexity index is 774. The van der Waals surface area contributed by atoms with Crippen LogP contribution < -0.4 is 5.32 Å². The largest absolute Gasteiger partial charge is 0.319 e. The summed E-state index contributed by atoms with van der Waals surface area (Å²) in [4.78, 5) is 22.8. The Morgan fingerprint density at radius 2 is 2.21 bits per heavy atom. The van der Waals surface area contributed by atoms with E-state index in [2.05, 4.69) is 22.1 Å². The standard InChI is InChI=1S/C15H17N5O3S/c1-4-9-19-11(3)17-18-15(19)24-10(2)14(21)16-12-7-5-6-8-13(12)20(22)23/h4-8,10H,1,9H2,2-3H3,(H,16,21). The highest BCUT2D eigenvalue weighted by Gasteiger charge is 2.21. The van der Waals surface area contributed by atoms with Crippen LogP contribution in [0.15, 0.2) is 42.1 Å². The van der Waals surface area contributed by atoms with Crippen molar-refractivity contribution in [1.29, 1.82) is 0 Å². The summed E-state index contributed by atoms with van der Waals surface area (Å²) in [5, 5.41) is 21.7. The van der Waals surface area contributed by atoms with Crippen LogP contribution in [0, 0.1) is 17.0 Å². The molecule has 1 N–H and O–H groups in total. The molecule has 2 rings (SSSR count). The summed E-state index contributed by atoms with van der Waals surface area (Å²) in [5.41, 5.74) is 0.0254. The molecule has 0 aliphatic carbocycles. The fourth-order valence-corrected chi connectivity index (χ4v) is 2.88. The van der Waals surface area contributed by atoms with Crippen LogP contribution in [0.4, 0.5) is 11.4 Å². The summed E-state index contributed by atoms with van der Waals surface area (Å²) < 4.78 is 1.84. The number of nitro groups is 1. The number of hydrogen-bond donors (Lipinski definition) is 1. The molecule has 9 heteroatoms. The average molecular weight is 347 g/mol. The minimum atomic E-state index is -0.530. The Hall–Kier alpha value is -2.68. The van der Waals surface area contributed by atoms with Crippen LogP contribution in [0.2, 0.25) is 0 Å². The zero-order chi connectivity index (χ0) is 17.7. The number of carbonyl (C=O) groups excluding carboxylic acids is 1. The van der Waals surface area contributed by atoms with Crippen LogP contribution in [0.3, 0.4) is 0 Å². The lowest BCUT2D eigenvalue weighted by Gasteiger charge is -2.12. The number of benzene rings is 1. The highest BCUT2D eigenvalue weighted by molar-refractivity contribution is 8.00. The van der Waals surface area contributed by atoms with Crippen molar-refractivity contribution in [2.24, 2.45) is 0 Å². The molecule has 0 bridgehead atoms. The SMILES string of the molecule is C=CCn1c(C)nnc1SC(C)C(=O)Nc1ccccc1[N+](=O)[O-]. The maximum atomic E-state index is 12.3. The van der Waals surface area contributed by atoms with Crippen LogP contribution in [-0.4, -0.2) is 30.8 Å². The lowest BCUT2D eigenvalue weighted by atomic mass is 10.2. The molecule has 24 heavy (non-hydrogen) atoms. The number of carbonyl (C=O) groups is 1. The summed E-state index contributed by atoms with van der Waals surface area (Å²) >= 11 is 1.23. The number of thioether (sulfide) groups is 1. The molecule has 0 saturated heterocycles. The Morgan fingerprint density at radius 3 is 2.88 bits per heavy atom. The number of nitrogens with one attached hydrogen (secondary N) is 1. The first-order valence-electron chi connectivity index (χ1n) is 7.15. The minimum Gasteiger partial charge on any atom is -0.319 e. The lowest BCUT2D eigenvalue weighted by molar-refractivity contribution is -0.383. The number of para-hydroxylation sites is 2. The molecular formula is C15H17N5O3S. The predicted octanol–water partition coefficient (Wildman–Crippen LogP) is 2.80. The third kappa shape index (κ3) is 3.99. The van der Waals surface area contributed by atoms with E-state index in [0.717, 1.165) is 5.82 Å². The van der Waals surface area contributed by atoms with E-state index >= 15 is 0 Å². The van der Waals surface area contributed by atoms with Gasteiger partial charge >= 0.3 is 0 Å². The van der Waals surface area contributed by atoms with Gasteiger partial charge in [0.25, 0.3) is 5.69 Å². The molecule has 0 spiro atoms. The van der Waals surface area contributed by atoms with Crippen LogP contribution >= 0.6 is 11.8 Å². The zero-order valence-electron chi connectivity index (χ0n) is 13.3. The quantitative estimate of drug-likeness (QED) is 0.357. The van der Waals surface area contributed by atoms with Crippen molar-refractivity contribution in [3.05, 3.63) is 52.9 Å². The Kier molecular flexibility index (Phi) is 5.69. The third-order valence-corrected chi connectivity index (χ3v) is 4.30. The van der Waals surface area contributed by atoms with E-state index in [1.54, 1.807) is 25.1 Å². The highest BCUT2D eigenvalue weighted by Crippen LogP contribution is 2.26. The second kappa shape index (κ2) is 7.73. The van der Waals surface area contributed by atoms with Crippen molar-refractivity contribution < 1.29 is 9.72 Å². The second-order valence-corrected chi connectivity index (χ2v) is 6.26. The smallest absolute Gasteiger partial charge is 0.292 e. The fourth-order valence-electron chi connectivity index (χ4n) is 1.97. The van der Waals surface area contributed by atoms with Crippen LogP contribution in [-0.2, 0) is 11.3 Å². The van der Waals surface area contributed by atoms with E-state index in [1.165, 1.54) is 23.9 Å². The van der Waals surface area contributed by atoms with Gasteiger partial charge in [-0.2, -0.15) is 0 Å². The fraction of sp³-hybridized carbons (Fsp3) is 0.267. The molecule has 1 unspecified atom stereocenters. The van der Waals surface area contributed by atoms with Crippen molar-refractivity contribution in [2.45, 2.75) is 30.8 Å². The molecule has 1 aromatic heterocycles. The molecule has 126 valence electrons. The normalized spacial score (nSPS) is 11.8. The van der Waals surface area contributed by atoms with Gasteiger partial charge in [-0.05, 0) is 19.9 Å². The molecule has 0 radical (unpaired) electrons. The third-order valence-electron chi connectivity index (χ3n) is 3.22. The first-order valence-corrected chi connectivity index (χ1v) is 8.03. The molecule has 0 fully saturated rings. The van der Waals surface area contributed by atoms with Crippen LogP contribution in [0.1, 0.15) is 12.7 Å². The molecule has 0 aliphatic rings. The van der Waals surface area contributed by atoms with E-state index < -0.39 is 10.2 Å². The molecule has 1 aromatic carbocycles. The summed E-state index contributed by atoms with van der Waals surface area (Å²) in [5.74, 6) is 0.379. The maximum Gasteiger partial charge on any atom is 0.292 e. The number of amides is 1. The maximum absolute atomic E-state index is 12.3. The summed E-state index contributed by atoms with van der Waals surface area (Å²) in [6.07, 6.45) is 1.72. The Labute approximate surface area is 143 Å². The Balaban J connectivity index is 2.11. The van der Waals surface area contributed by atoms with Gasteiger partial charge in [0.2, 0.25) is 5.91 Å². The number of aryl methyl sites for hydroxylation is 1. The molecule has 1 heterocycles. The summed E-state index contributed by atoms with van der Waals surface area (Å²) in [7, 11) is 0. The van der Waals surface area contributed by atoms with Crippen LogP contribution in [0.5, 0.6) is 0 Å². The molecule has 8 nitrogen and oxygen atoms in total. The Morgan fingerprint density at radius 1 is 1.50 bits per heavy atom. The monoisotopic (exact) mass is 347 g/mol. The second-order valence-electron chi connectivity index (χ2n) is 4.95. The van der Waals surface area contributed by atoms with E-state index in [4.69, 9.17) is 0 Å². The number of allylic oxidation sites excluding steroid dienone is 1. The molecule has 1 amide bonds.